The van der Waals surface area contributed by atoms with Crippen LogP contribution in [0.15, 0.2) is 24.5 Å². The fourth-order valence-corrected chi connectivity index (χ4v) is 2.19. The smallest absolute Gasteiger partial charge is 0.255 e. The van der Waals surface area contributed by atoms with E-state index in [0.717, 1.165) is 0 Å². The van der Waals surface area contributed by atoms with Crippen LogP contribution in [0, 0.1) is 12.7 Å². The van der Waals surface area contributed by atoms with Gasteiger partial charge in [-0.05, 0) is 25.1 Å². The summed E-state index contributed by atoms with van der Waals surface area (Å²) < 4.78 is 14.9. The summed E-state index contributed by atoms with van der Waals surface area (Å²) in [7, 11) is 0. The number of nitrogens with one attached hydrogen (secondary N) is 1. The molecule has 0 aliphatic heterocycles. The van der Waals surface area contributed by atoms with Crippen LogP contribution in [0.1, 0.15) is 5.56 Å². The van der Waals surface area contributed by atoms with Crippen molar-refractivity contribution in [2.24, 2.45) is 0 Å². The summed E-state index contributed by atoms with van der Waals surface area (Å²) in [6.07, 6.45) is 1.36. The van der Waals surface area contributed by atoms with Crippen LogP contribution in [0.5, 0.6) is 0 Å². The van der Waals surface area contributed by atoms with E-state index in [1.807, 2.05) is 0 Å². The zero-order valence-electron chi connectivity index (χ0n) is 10.2. The van der Waals surface area contributed by atoms with Crippen molar-refractivity contribution in [1.29, 1.82) is 0 Å². The first-order valence-electron chi connectivity index (χ1n) is 5.63. The Hall–Kier alpha value is -1.92. The molecule has 8 heteroatoms. The van der Waals surface area contributed by atoms with Gasteiger partial charge in [-0.2, -0.15) is 19.6 Å². The van der Waals surface area contributed by atoms with Crippen LogP contribution < -0.4 is 5.32 Å². The van der Waals surface area contributed by atoms with Gasteiger partial charge in [0, 0.05) is 16.3 Å². The lowest BCUT2D eigenvalue weighted by atomic mass is 10.3. The van der Waals surface area contributed by atoms with Crippen LogP contribution in [-0.2, 0) is 0 Å². The topological polar surface area (TPSA) is 55.1 Å². The summed E-state index contributed by atoms with van der Waals surface area (Å²) in [5.74, 6) is 0.470. The molecule has 2 aromatic heterocycles. The number of hydrogen-bond donors (Lipinski definition) is 1. The quantitative estimate of drug-likeness (QED) is 0.734. The first-order chi connectivity index (χ1) is 9.54. The Bertz CT molecular complexity index is 782. The van der Waals surface area contributed by atoms with Gasteiger partial charge in [-0.15, -0.1) is 0 Å². The Morgan fingerprint density at radius 1 is 1.25 bits per heavy atom. The van der Waals surface area contributed by atoms with Gasteiger partial charge in [-0.3, -0.25) is 0 Å². The number of aromatic nitrogens is 4. The van der Waals surface area contributed by atoms with Crippen molar-refractivity contribution in [1.82, 2.24) is 19.6 Å². The van der Waals surface area contributed by atoms with Crippen molar-refractivity contribution in [2.45, 2.75) is 6.92 Å². The van der Waals surface area contributed by atoms with E-state index >= 15 is 0 Å². The molecular weight excluding hydrogens is 304 g/mol. The average Bonchev–Trinajstić information content (AvgIpc) is 2.81. The molecule has 1 N–H and O–H groups in total. The van der Waals surface area contributed by atoms with Crippen molar-refractivity contribution in [3.05, 3.63) is 46.1 Å². The molecule has 0 bridgehead atoms. The Morgan fingerprint density at radius 3 is 2.80 bits per heavy atom. The maximum atomic E-state index is 13.4. The number of nitrogens with zero attached hydrogens (tertiary/aromatic N) is 4. The van der Waals surface area contributed by atoms with E-state index < -0.39 is 5.82 Å². The van der Waals surface area contributed by atoms with Crippen LogP contribution in [0.25, 0.3) is 5.78 Å². The first kappa shape index (κ1) is 13.1. The van der Waals surface area contributed by atoms with Crippen molar-refractivity contribution in [2.75, 3.05) is 5.32 Å². The molecule has 0 saturated heterocycles. The van der Waals surface area contributed by atoms with Gasteiger partial charge in [0.25, 0.3) is 5.78 Å². The SMILES string of the molecule is Cc1c(Cl)nc2ncnn2c1Nc1cc(F)cc(Cl)c1. The van der Waals surface area contributed by atoms with Gasteiger partial charge in [0.1, 0.15) is 23.1 Å². The average molecular weight is 312 g/mol. The summed E-state index contributed by atoms with van der Waals surface area (Å²) in [6, 6.07) is 4.15. The molecule has 0 amide bonds. The van der Waals surface area contributed by atoms with Gasteiger partial charge in [-0.1, -0.05) is 23.2 Å². The van der Waals surface area contributed by atoms with Gasteiger partial charge < -0.3 is 5.32 Å². The molecule has 20 heavy (non-hydrogen) atoms. The van der Waals surface area contributed by atoms with Crippen LogP contribution >= 0.6 is 23.2 Å². The van der Waals surface area contributed by atoms with E-state index in [4.69, 9.17) is 23.2 Å². The number of benzene rings is 1. The van der Waals surface area contributed by atoms with E-state index in [9.17, 15) is 4.39 Å². The summed E-state index contributed by atoms with van der Waals surface area (Å²) in [4.78, 5) is 8.06. The predicted octanol–water partition coefficient (Wildman–Crippen LogP) is 3.62. The van der Waals surface area contributed by atoms with Crippen LogP contribution in [-0.4, -0.2) is 19.6 Å². The van der Waals surface area contributed by atoms with Crippen molar-refractivity contribution < 1.29 is 4.39 Å². The van der Waals surface area contributed by atoms with Crippen LogP contribution in [0.3, 0.4) is 0 Å². The Balaban J connectivity index is 2.14. The Labute approximate surface area is 123 Å². The molecule has 0 saturated carbocycles. The van der Waals surface area contributed by atoms with E-state index in [1.54, 1.807) is 13.0 Å². The maximum absolute atomic E-state index is 13.4. The van der Waals surface area contributed by atoms with Gasteiger partial charge in [0.2, 0.25) is 0 Å². The highest BCUT2D eigenvalue weighted by Gasteiger charge is 2.13. The molecule has 102 valence electrons. The fraction of sp³-hybridized carbons (Fsp3) is 0.0833. The zero-order chi connectivity index (χ0) is 14.3. The van der Waals surface area contributed by atoms with Crippen LogP contribution in [0.4, 0.5) is 15.9 Å². The third-order valence-corrected chi connectivity index (χ3v) is 3.32. The van der Waals surface area contributed by atoms with E-state index in [1.165, 1.54) is 23.0 Å². The molecule has 0 aliphatic rings. The third kappa shape index (κ3) is 2.28. The predicted molar refractivity (Wildman–Crippen MR) is 75.2 cm³/mol. The van der Waals surface area contributed by atoms with E-state index in [-0.39, 0.29) is 0 Å². The lowest BCUT2D eigenvalue weighted by Crippen LogP contribution is -2.05. The number of rotatable bonds is 2. The van der Waals surface area contributed by atoms with E-state index in [0.29, 0.717) is 33.0 Å². The largest absolute Gasteiger partial charge is 0.340 e. The molecule has 0 radical (unpaired) electrons. The molecule has 0 aliphatic carbocycles. The van der Waals surface area contributed by atoms with Crippen LogP contribution in [0.2, 0.25) is 10.2 Å². The second kappa shape index (κ2) is 4.88. The van der Waals surface area contributed by atoms with Crippen molar-refractivity contribution in [3.63, 3.8) is 0 Å². The molecule has 3 rings (SSSR count). The van der Waals surface area contributed by atoms with E-state index in [2.05, 4.69) is 20.4 Å². The molecule has 5 nitrogen and oxygen atoms in total. The Kier molecular flexibility index (Phi) is 3.19. The molecule has 3 aromatic rings. The molecular formula is C12H8Cl2FN5. The Morgan fingerprint density at radius 2 is 2.05 bits per heavy atom. The monoisotopic (exact) mass is 311 g/mol. The molecule has 0 fully saturated rings. The van der Waals surface area contributed by atoms with Gasteiger partial charge in [0.15, 0.2) is 0 Å². The highest BCUT2D eigenvalue weighted by Crippen LogP contribution is 2.27. The normalized spacial score (nSPS) is 11.0. The number of anilines is 2. The number of halogens is 3. The molecule has 1 aromatic carbocycles. The lowest BCUT2D eigenvalue weighted by molar-refractivity contribution is 0.628. The second-order valence-electron chi connectivity index (χ2n) is 4.13. The van der Waals surface area contributed by atoms with Crippen molar-refractivity contribution >= 4 is 40.5 Å². The molecule has 0 spiro atoms. The minimum Gasteiger partial charge on any atom is -0.340 e. The highest BCUT2D eigenvalue weighted by atomic mass is 35.5. The first-order valence-corrected chi connectivity index (χ1v) is 6.39. The highest BCUT2D eigenvalue weighted by molar-refractivity contribution is 6.31. The minimum absolute atomic E-state index is 0.292. The standard InChI is InChI=1S/C12H8Cl2FN5/c1-6-10(14)19-12-16-5-17-20(12)11(6)18-9-3-7(13)2-8(15)4-9/h2-5,18H,1H3. The molecule has 2 heterocycles. The lowest BCUT2D eigenvalue weighted by Gasteiger charge is -2.12. The number of fused-ring (bicyclic) bond motifs is 1. The summed E-state index contributed by atoms with van der Waals surface area (Å²) >= 11 is 11.9. The van der Waals surface area contributed by atoms with Gasteiger partial charge >= 0.3 is 0 Å². The fourth-order valence-electron chi connectivity index (χ4n) is 1.81. The summed E-state index contributed by atoms with van der Waals surface area (Å²) in [5, 5.41) is 7.69. The third-order valence-electron chi connectivity index (χ3n) is 2.73. The van der Waals surface area contributed by atoms with Gasteiger partial charge in [-0.25, -0.2) is 4.39 Å². The molecule has 0 atom stereocenters. The summed E-state index contributed by atoms with van der Waals surface area (Å²) in [5.41, 5.74) is 1.15. The van der Waals surface area contributed by atoms with Crippen molar-refractivity contribution in [3.8, 4) is 0 Å². The van der Waals surface area contributed by atoms with Gasteiger partial charge in [0.05, 0.1) is 0 Å². The molecule has 0 unspecified atom stereocenters. The number of hydrogen-bond acceptors (Lipinski definition) is 4. The summed E-state index contributed by atoms with van der Waals surface area (Å²) in [6.45, 7) is 1.78. The second-order valence-corrected chi connectivity index (χ2v) is 4.93. The minimum atomic E-state index is -0.437. The maximum Gasteiger partial charge on any atom is 0.255 e. The zero-order valence-corrected chi connectivity index (χ0v) is 11.7.